The fourth-order valence-corrected chi connectivity index (χ4v) is 2.62. The highest BCUT2D eigenvalue weighted by atomic mass is 35.5. The van der Waals surface area contributed by atoms with Gasteiger partial charge in [-0.2, -0.15) is 0 Å². The molecule has 100 valence electrons. The van der Waals surface area contributed by atoms with Crippen molar-refractivity contribution >= 4 is 0 Å². The van der Waals surface area contributed by atoms with Gasteiger partial charge in [-0.3, -0.25) is 0 Å². The van der Waals surface area contributed by atoms with Gasteiger partial charge in [-0.15, -0.1) is 0 Å². The second-order valence-electron chi connectivity index (χ2n) is 4.90. The number of hydrogen-bond acceptors (Lipinski definition) is 3. The molecule has 18 heavy (non-hydrogen) atoms. The first-order valence-corrected chi connectivity index (χ1v) is 6.54. The SMILES string of the molecule is [Cl-].c1cc2c(cc1CNC1CCCCC1)OCO2. The Bertz CT molecular complexity index is 391. The summed E-state index contributed by atoms with van der Waals surface area (Å²) in [5.41, 5.74) is 1.28. The number of nitrogens with one attached hydrogen (secondary N) is 1. The van der Waals surface area contributed by atoms with Crippen LogP contribution in [-0.4, -0.2) is 12.8 Å². The first kappa shape index (κ1) is 13.5. The molecule has 1 heterocycles. The van der Waals surface area contributed by atoms with E-state index in [1.807, 2.05) is 6.07 Å². The standard InChI is InChI=1S/C14H19NO2.ClH/c1-2-4-12(5-3-1)15-9-11-6-7-13-14(8-11)17-10-16-13;/h6-8,12,15H,1-5,9-10H2;1H/p-1. The number of halogens is 1. The quantitative estimate of drug-likeness (QED) is 0.827. The van der Waals surface area contributed by atoms with Crippen LogP contribution in [0.15, 0.2) is 18.2 Å². The molecule has 0 bridgehead atoms. The summed E-state index contributed by atoms with van der Waals surface area (Å²) in [6.45, 7) is 1.29. The summed E-state index contributed by atoms with van der Waals surface area (Å²) in [7, 11) is 0. The van der Waals surface area contributed by atoms with E-state index in [0.29, 0.717) is 12.8 Å². The van der Waals surface area contributed by atoms with Gasteiger partial charge in [-0.25, -0.2) is 0 Å². The minimum Gasteiger partial charge on any atom is -1.00 e. The lowest BCUT2D eigenvalue weighted by molar-refractivity contribution is -0.00000512. The zero-order valence-corrected chi connectivity index (χ0v) is 11.2. The van der Waals surface area contributed by atoms with Crippen molar-refractivity contribution in [2.45, 2.75) is 44.7 Å². The number of benzene rings is 1. The highest BCUT2D eigenvalue weighted by Crippen LogP contribution is 2.32. The van der Waals surface area contributed by atoms with E-state index in [-0.39, 0.29) is 12.4 Å². The summed E-state index contributed by atoms with van der Waals surface area (Å²) < 4.78 is 10.7. The summed E-state index contributed by atoms with van der Waals surface area (Å²) in [6, 6.07) is 6.90. The average Bonchev–Trinajstić information content (AvgIpc) is 2.85. The molecule has 1 aliphatic carbocycles. The van der Waals surface area contributed by atoms with Crippen LogP contribution < -0.4 is 27.2 Å². The third-order valence-corrected chi connectivity index (χ3v) is 3.64. The molecule has 0 saturated heterocycles. The van der Waals surface area contributed by atoms with Crippen molar-refractivity contribution in [1.29, 1.82) is 0 Å². The lowest BCUT2D eigenvalue weighted by Gasteiger charge is -2.22. The van der Waals surface area contributed by atoms with Gasteiger partial charge in [0.05, 0.1) is 0 Å². The second kappa shape index (κ2) is 6.30. The molecule has 1 aliphatic heterocycles. The van der Waals surface area contributed by atoms with Gasteiger partial charge in [0.25, 0.3) is 0 Å². The van der Waals surface area contributed by atoms with Gasteiger partial charge in [-0.1, -0.05) is 25.3 Å². The molecule has 1 aromatic rings. The van der Waals surface area contributed by atoms with Gasteiger partial charge < -0.3 is 27.2 Å². The fraction of sp³-hybridized carbons (Fsp3) is 0.571. The Kier molecular flexibility index (Phi) is 4.72. The van der Waals surface area contributed by atoms with Crippen molar-refractivity contribution in [3.05, 3.63) is 23.8 Å². The van der Waals surface area contributed by atoms with Crippen molar-refractivity contribution in [2.75, 3.05) is 6.79 Å². The summed E-state index contributed by atoms with van der Waals surface area (Å²) in [6.07, 6.45) is 6.80. The van der Waals surface area contributed by atoms with Gasteiger partial charge in [-0.05, 0) is 30.5 Å². The lowest BCUT2D eigenvalue weighted by Crippen LogP contribution is -3.00. The Labute approximate surface area is 114 Å². The van der Waals surface area contributed by atoms with E-state index in [0.717, 1.165) is 18.0 Å². The molecule has 2 aliphatic rings. The van der Waals surface area contributed by atoms with E-state index in [1.54, 1.807) is 0 Å². The van der Waals surface area contributed by atoms with Crippen LogP contribution in [0.2, 0.25) is 0 Å². The molecular formula is C14H19ClNO2-. The van der Waals surface area contributed by atoms with Crippen LogP contribution in [0, 0.1) is 0 Å². The molecule has 0 atom stereocenters. The van der Waals surface area contributed by atoms with Crippen LogP contribution in [0.5, 0.6) is 11.5 Å². The topological polar surface area (TPSA) is 30.5 Å². The van der Waals surface area contributed by atoms with E-state index in [4.69, 9.17) is 9.47 Å². The van der Waals surface area contributed by atoms with E-state index in [9.17, 15) is 0 Å². The van der Waals surface area contributed by atoms with E-state index < -0.39 is 0 Å². The van der Waals surface area contributed by atoms with Crippen molar-refractivity contribution < 1.29 is 21.9 Å². The van der Waals surface area contributed by atoms with E-state index in [1.165, 1.54) is 37.7 Å². The van der Waals surface area contributed by atoms with Crippen molar-refractivity contribution in [3.63, 3.8) is 0 Å². The van der Waals surface area contributed by atoms with Gasteiger partial charge in [0.1, 0.15) is 0 Å². The first-order chi connectivity index (χ1) is 8.42. The molecule has 1 fully saturated rings. The number of ether oxygens (including phenoxy) is 2. The summed E-state index contributed by atoms with van der Waals surface area (Å²) in [4.78, 5) is 0. The molecule has 3 rings (SSSR count). The number of fused-ring (bicyclic) bond motifs is 1. The molecule has 0 amide bonds. The van der Waals surface area contributed by atoms with Crippen LogP contribution in [0.25, 0.3) is 0 Å². The molecule has 0 radical (unpaired) electrons. The monoisotopic (exact) mass is 268 g/mol. The second-order valence-corrected chi connectivity index (χ2v) is 4.90. The highest BCUT2D eigenvalue weighted by molar-refractivity contribution is 5.44. The lowest BCUT2D eigenvalue weighted by atomic mass is 9.95. The molecule has 1 saturated carbocycles. The predicted octanol–water partition coefficient (Wildman–Crippen LogP) is -0.158. The summed E-state index contributed by atoms with van der Waals surface area (Å²) in [5.74, 6) is 1.75. The van der Waals surface area contributed by atoms with Crippen molar-refractivity contribution in [3.8, 4) is 11.5 Å². The Morgan fingerprint density at radius 1 is 1.06 bits per heavy atom. The molecule has 1 aromatic carbocycles. The maximum atomic E-state index is 5.38. The minimum absolute atomic E-state index is 0. The maximum absolute atomic E-state index is 5.38. The maximum Gasteiger partial charge on any atom is 0.231 e. The average molecular weight is 269 g/mol. The van der Waals surface area contributed by atoms with E-state index in [2.05, 4.69) is 17.4 Å². The predicted molar refractivity (Wildman–Crippen MR) is 66.3 cm³/mol. The Morgan fingerprint density at radius 3 is 2.67 bits per heavy atom. The third-order valence-electron chi connectivity index (χ3n) is 3.64. The number of rotatable bonds is 3. The summed E-state index contributed by atoms with van der Waals surface area (Å²) in [5, 5.41) is 3.63. The van der Waals surface area contributed by atoms with Gasteiger partial charge in [0.15, 0.2) is 11.5 Å². The first-order valence-electron chi connectivity index (χ1n) is 6.54. The zero-order valence-electron chi connectivity index (χ0n) is 10.5. The van der Waals surface area contributed by atoms with Crippen molar-refractivity contribution in [1.82, 2.24) is 5.32 Å². The van der Waals surface area contributed by atoms with E-state index >= 15 is 0 Å². The van der Waals surface area contributed by atoms with Crippen molar-refractivity contribution in [2.24, 2.45) is 0 Å². The molecule has 0 unspecified atom stereocenters. The summed E-state index contributed by atoms with van der Waals surface area (Å²) >= 11 is 0. The van der Waals surface area contributed by atoms with Gasteiger partial charge in [0.2, 0.25) is 6.79 Å². The largest absolute Gasteiger partial charge is 1.00 e. The molecule has 1 N–H and O–H groups in total. The van der Waals surface area contributed by atoms with Gasteiger partial charge >= 0.3 is 0 Å². The fourth-order valence-electron chi connectivity index (χ4n) is 2.62. The normalized spacial score (nSPS) is 18.4. The highest BCUT2D eigenvalue weighted by Gasteiger charge is 2.15. The molecule has 4 heteroatoms. The molecular weight excluding hydrogens is 250 g/mol. The van der Waals surface area contributed by atoms with Crippen LogP contribution in [0.3, 0.4) is 0 Å². The van der Waals surface area contributed by atoms with Crippen LogP contribution in [0.4, 0.5) is 0 Å². The smallest absolute Gasteiger partial charge is 0.231 e. The minimum atomic E-state index is 0. The molecule has 3 nitrogen and oxygen atoms in total. The van der Waals surface area contributed by atoms with Crippen LogP contribution >= 0.6 is 0 Å². The number of hydrogen-bond donors (Lipinski definition) is 1. The molecule has 0 aromatic heterocycles. The van der Waals surface area contributed by atoms with Gasteiger partial charge in [0, 0.05) is 12.6 Å². The Morgan fingerprint density at radius 2 is 1.83 bits per heavy atom. The van der Waals surface area contributed by atoms with Crippen LogP contribution in [-0.2, 0) is 6.54 Å². The Balaban J connectivity index is 0.00000120. The zero-order chi connectivity index (χ0) is 11.5. The third kappa shape index (κ3) is 3.09. The molecule has 0 spiro atoms. The Hall–Kier alpha value is -0.930. The van der Waals surface area contributed by atoms with Crippen LogP contribution in [0.1, 0.15) is 37.7 Å².